The summed E-state index contributed by atoms with van der Waals surface area (Å²) < 4.78 is 0. The average Bonchev–Trinajstić information content (AvgIpc) is 2.99. The summed E-state index contributed by atoms with van der Waals surface area (Å²) in [6, 6.07) is 8.06. The topological polar surface area (TPSA) is 265 Å². The van der Waals surface area contributed by atoms with E-state index >= 15 is 0 Å². The Bertz CT molecular complexity index is 1320. The lowest BCUT2D eigenvalue weighted by Gasteiger charge is -2.26. The molecule has 0 saturated carbocycles. The first-order chi connectivity index (χ1) is 21.8. The maximum atomic E-state index is 13.8. The lowest BCUT2D eigenvalue weighted by Crippen LogP contribution is -2.58. The van der Waals surface area contributed by atoms with Gasteiger partial charge in [-0.05, 0) is 86.9 Å². The van der Waals surface area contributed by atoms with Gasteiger partial charge in [0.2, 0.25) is 23.6 Å². The van der Waals surface area contributed by atoms with E-state index in [0.29, 0.717) is 43.5 Å². The van der Waals surface area contributed by atoms with E-state index in [0.717, 1.165) is 11.1 Å². The quantitative estimate of drug-likeness (QED) is 0.0536. The van der Waals surface area contributed by atoms with Crippen molar-refractivity contribution in [1.29, 1.82) is 5.41 Å². The maximum absolute atomic E-state index is 13.8. The molecular weight excluding hydrogens is 590 g/mol. The fourth-order valence-electron chi connectivity index (χ4n) is 5.04. The van der Waals surface area contributed by atoms with Gasteiger partial charge in [-0.15, -0.1) is 0 Å². The van der Waals surface area contributed by atoms with E-state index < -0.39 is 47.8 Å². The van der Waals surface area contributed by atoms with Crippen LogP contribution in [0.3, 0.4) is 0 Å². The van der Waals surface area contributed by atoms with Gasteiger partial charge in [0.25, 0.3) is 0 Å². The zero-order valence-electron chi connectivity index (χ0n) is 26.6. The molecule has 4 atom stereocenters. The van der Waals surface area contributed by atoms with Crippen LogP contribution in [-0.2, 0) is 32.0 Å². The number of primary amides is 1. The molecule has 1 unspecified atom stereocenters. The third-order valence-electron chi connectivity index (χ3n) is 7.59. The first kappa shape index (κ1) is 37.5. The van der Waals surface area contributed by atoms with Crippen molar-refractivity contribution in [3.8, 4) is 5.75 Å². The van der Waals surface area contributed by atoms with E-state index in [4.69, 9.17) is 28.3 Å². The molecule has 0 spiro atoms. The standard InChI is InChI=1S/C32H49N9O5/c1-19-15-22(42)16-20(2)23(19)18-27(41-29(44)24(34)11-8-14-38-32(36)37)31(46)39-25(12-6-7-13-33)30(45)40-26(28(35)43)17-21-9-4-3-5-10-21/h3-5,9-10,15-16,24-27,42H,6-8,11-14,17-18,33-34H2,1-2H3,(H2,35,43)(H,39,46)(H,40,45)(H,41,44)(H4,36,37,38)/t24-,25+,26?,27+/m1/s1. The Hall–Kier alpha value is -4.69. The summed E-state index contributed by atoms with van der Waals surface area (Å²) in [5.74, 6) is -2.64. The van der Waals surface area contributed by atoms with E-state index in [1.807, 2.05) is 30.3 Å². The third-order valence-corrected chi connectivity index (χ3v) is 7.59. The molecule has 0 aromatic heterocycles. The summed E-state index contributed by atoms with van der Waals surface area (Å²) in [5.41, 5.74) is 25.7. The van der Waals surface area contributed by atoms with Crippen LogP contribution >= 0.6 is 0 Å². The van der Waals surface area contributed by atoms with E-state index in [-0.39, 0.29) is 37.4 Å². The average molecular weight is 640 g/mol. The molecule has 0 saturated heterocycles. The minimum Gasteiger partial charge on any atom is -0.508 e. The number of carbonyl (C=O) groups is 4. The first-order valence-corrected chi connectivity index (χ1v) is 15.4. The van der Waals surface area contributed by atoms with Crippen LogP contribution in [0, 0.1) is 19.3 Å². The maximum Gasteiger partial charge on any atom is 0.243 e. The molecular formula is C32H49N9O5. The molecule has 4 amide bonds. The number of carbonyl (C=O) groups excluding carboxylic acids is 4. The normalized spacial score (nSPS) is 13.5. The summed E-state index contributed by atoms with van der Waals surface area (Å²) in [5, 5.41) is 28.1. The molecule has 0 aliphatic carbocycles. The molecule has 252 valence electrons. The Morgan fingerprint density at radius 1 is 0.804 bits per heavy atom. The number of unbranched alkanes of at least 4 members (excludes halogenated alkanes) is 1. The minimum atomic E-state index is -1.13. The molecule has 14 heteroatoms. The monoisotopic (exact) mass is 639 g/mol. The van der Waals surface area contributed by atoms with Crippen LogP contribution in [0.4, 0.5) is 0 Å². The van der Waals surface area contributed by atoms with Crippen LogP contribution in [0.5, 0.6) is 5.75 Å². The number of phenols is 1. The number of amides is 4. The van der Waals surface area contributed by atoms with Gasteiger partial charge in [-0.2, -0.15) is 0 Å². The molecule has 0 bridgehead atoms. The molecule has 0 aliphatic rings. The lowest BCUT2D eigenvalue weighted by molar-refractivity contribution is -0.133. The molecule has 2 aromatic carbocycles. The molecule has 14 nitrogen and oxygen atoms in total. The highest BCUT2D eigenvalue weighted by atomic mass is 16.3. The minimum absolute atomic E-state index is 0.0587. The number of guanidine groups is 1. The number of benzene rings is 2. The van der Waals surface area contributed by atoms with Crippen molar-refractivity contribution in [3.63, 3.8) is 0 Å². The van der Waals surface area contributed by atoms with E-state index in [1.165, 1.54) is 0 Å². The van der Waals surface area contributed by atoms with E-state index in [2.05, 4.69) is 21.3 Å². The van der Waals surface area contributed by atoms with Crippen LogP contribution in [0.25, 0.3) is 0 Å². The van der Waals surface area contributed by atoms with E-state index in [1.54, 1.807) is 26.0 Å². The van der Waals surface area contributed by atoms with Gasteiger partial charge < -0.3 is 49.3 Å². The summed E-state index contributed by atoms with van der Waals surface area (Å²) in [6.45, 7) is 4.30. The van der Waals surface area contributed by atoms with Crippen LogP contribution in [-0.4, -0.2) is 72.0 Å². The Labute approximate surface area is 269 Å². The Morgan fingerprint density at radius 3 is 1.98 bits per heavy atom. The number of aryl methyl sites for hydroxylation is 2. The van der Waals surface area contributed by atoms with Crippen LogP contribution in [0.2, 0.25) is 0 Å². The summed E-state index contributed by atoms with van der Waals surface area (Å²) in [7, 11) is 0. The number of rotatable bonds is 19. The number of phenolic OH excluding ortho intramolecular Hbond substituents is 1. The van der Waals surface area contributed by atoms with Crippen molar-refractivity contribution in [2.75, 3.05) is 13.1 Å². The smallest absolute Gasteiger partial charge is 0.243 e. The molecule has 0 heterocycles. The van der Waals surface area contributed by atoms with Crippen molar-refractivity contribution >= 4 is 29.6 Å². The largest absolute Gasteiger partial charge is 0.508 e. The second-order valence-electron chi connectivity index (χ2n) is 11.4. The third kappa shape index (κ3) is 12.7. The number of nitrogens with one attached hydrogen (secondary N) is 5. The predicted molar refractivity (Wildman–Crippen MR) is 176 cm³/mol. The number of hydrogen-bond acceptors (Lipinski definition) is 8. The lowest BCUT2D eigenvalue weighted by atomic mass is 9.95. The van der Waals surface area contributed by atoms with Gasteiger partial charge in [-0.1, -0.05) is 30.3 Å². The summed E-state index contributed by atoms with van der Waals surface area (Å²) in [6.07, 6.45) is 2.29. The molecule has 0 fully saturated rings. The van der Waals surface area contributed by atoms with Crippen LogP contribution in [0.15, 0.2) is 42.5 Å². The zero-order chi connectivity index (χ0) is 34.2. The number of nitrogens with two attached hydrogens (primary N) is 4. The highest BCUT2D eigenvalue weighted by molar-refractivity contribution is 5.94. The van der Waals surface area contributed by atoms with Crippen molar-refractivity contribution in [2.45, 2.75) is 83.0 Å². The van der Waals surface area contributed by atoms with Crippen molar-refractivity contribution in [2.24, 2.45) is 22.9 Å². The molecule has 0 aliphatic heterocycles. The zero-order valence-corrected chi connectivity index (χ0v) is 26.6. The number of aromatic hydroxyl groups is 1. The van der Waals surface area contributed by atoms with Gasteiger partial charge >= 0.3 is 0 Å². The van der Waals surface area contributed by atoms with Gasteiger partial charge in [-0.3, -0.25) is 24.6 Å². The first-order valence-electron chi connectivity index (χ1n) is 15.4. The second-order valence-corrected chi connectivity index (χ2v) is 11.4. The van der Waals surface area contributed by atoms with Crippen molar-refractivity contribution in [3.05, 3.63) is 64.7 Å². The van der Waals surface area contributed by atoms with Crippen molar-refractivity contribution < 1.29 is 24.3 Å². The molecule has 2 aromatic rings. The Balaban J connectivity index is 2.29. The summed E-state index contributed by atoms with van der Waals surface area (Å²) in [4.78, 5) is 52.7. The van der Waals surface area contributed by atoms with Gasteiger partial charge in [0, 0.05) is 19.4 Å². The summed E-state index contributed by atoms with van der Waals surface area (Å²) >= 11 is 0. The molecule has 2 rings (SSSR count). The Kier molecular flexibility index (Phi) is 15.5. The van der Waals surface area contributed by atoms with Gasteiger partial charge in [0.1, 0.15) is 23.9 Å². The van der Waals surface area contributed by atoms with Crippen LogP contribution < -0.4 is 44.2 Å². The van der Waals surface area contributed by atoms with E-state index in [9.17, 15) is 24.3 Å². The van der Waals surface area contributed by atoms with Crippen molar-refractivity contribution in [1.82, 2.24) is 21.3 Å². The molecule has 14 N–H and O–H groups in total. The highest BCUT2D eigenvalue weighted by Crippen LogP contribution is 2.22. The number of hydrogen-bond donors (Lipinski definition) is 10. The second kappa shape index (κ2) is 19.0. The van der Waals surface area contributed by atoms with Gasteiger partial charge in [0.05, 0.1) is 6.04 Å². The predicted octanol–water partition coefficient (Wildman–Crippen LogP) is -0.546. The fourth-order valence-corrected chi connectivity index (χ4v) is 5.04. The van der Waals surface area contributed by atoms with Gasteiger partial charge in [-0.25, -0.2) is 0 Å². The SMILES string of the molecule is Cc1cc(O)cc(C)c1C[C@H](NC(=O)[C@H](N)CCCNC(=N)N)C(=O)N[C@@H](CCCCN)C(=O)NC(Cc1ccccc1)C(N)=O. The fraction of sp³-hybridized carbons (Fsp3) is 0.469. The molecule has 46 heavy (non-hydrogen) atoms. The van der Waals surface area contributed by atoms with Gasteiger partial charge in [0.15, 0.2) is 5.96 Å². The van der Waals surface area contributed by atoms with Crippen LogP contribution in [0.1, 0.15) is 54.4 Å². The Morgan fingerprint density at radius 2 is 1.39 bits per heavy atom. The highest BCUT2D eigenvalue weighted by Gasteiger charge is 2.30. The molecule has 0 radical (unpaired) electrons.